The Balaban J connectivity index is 1.70. The molecular formula is C20H16N2O6S. The monoisotopic (exact) mass is 412 g/mol. The summed E-state index contributed by atoms with van der Waals surface area (Å²) in [7, 11) is 0. The van der Waals surface area contributed by atoms with E-state index in [1.807, 2.05) is 6.07 Å². The van der Waals surface area contributed by atoms with Crippen LogP contribution in [0.25, 0.3) is 6.08 Å². The Labute approximate surface area is 170 Å². The van der Waals surface area contributed by atoms with E-state index in [-0.39, 0.29) is 17.4 Å². The van der Waals surface area contributed by atoms with Crippen molar-refractivity contribution in [1.82, 2.24) is 4.90 Å². The van der Waals surface area contributed by atoms with Crippen LogP contribution in [0.3, 0.4) is 0 Å². The molecule has 29 heavy (non-hydrogen) atoms. The summed E-state index contributed by atoms with van der Waals surface area (Å²) < 4.78 is 5.57. The third-order valence-corrected chi connectivity index (χ3v) is 4.70. The normalized spacial score (nSPS) is 14.9. The Morgan fingerprint density at radius 2 is 1.76 bits per heavy atom. The third kappa shape index (κ3) is 5.23. The highest BCUT2D eigenvalue weighted by molar-refractivity contribution is 8.18. The van der Waals surface area contributed by atoms with Crippen molar-refractivity contribution in [1.29, 1.82) is 0 Å². The molecule has 2 aromatic rings. The van der Waals surface area contributed by atoms with Crippen LogP contribution in [0.15, 0.2) is 59.5 Å². The van der Waals surface area contributed by atoms with Crippen LogP contribution < -0.4 is 10.1 Å². The predicted molar refractivity (Wildman–Crippen MR) is 107 cm³/mol. The van der Waals surface area contributed by atoms with Crippen molar-refractivity contribution in [2.75, 3.05) is 18.5 Å². The lowest BCUT2D eigenvalue weighted by Crippen LogP contribution is -2.33. The van der Waals surface area contributed by atoms with E-state index in [1.54, 1.807) is 48.5 Å². The van der Waals surface area contributed by atoms with Crippen LogP contribution in [-0.4, -0.2) is 46.2 Å². The van der Waals surface area contributed by atoms with E-state index in [9.17, 15) is 19.2 Å². The fourth-order valence-corrected chi connectivity index (χ4v) is 3.34. The molecule has 148 valence electrons. The smallest absolute Gasteiger partial charge is 0.323 e. The summed E-state index contributed by atoms with van der Waals surface area (Å²) in [6, 6.07) is 15.6. The van der Waals surface area contributed by atoms with Crippen LogP contribution >= 0.6 is 11.8 Å². The summed E-state index contributed by atoms with van der Waals surface area (Å²) in [5.41, 5.74) is 1.13. The Bertz CT molecular complexity index is 989. The molecule has 1 fully saturated rings. The highest BCUT2D eigenvalue weighted by Gasteiger charge is 2.36. The SMILES string of the molecule is O=C(O)CN1C(=O)S/C(=C/c2ccccc2OCC(=O)Nc2ccccc2)C1=O. The van der Waals surface area contributed by atoms with Crippen molar-refractivity contribution in [3.63, 3.8) is 0 Å². The van der Waals surface area contributed by atoms with Gasteiger partial charge in [-0.25, -0.2) is 0 Å². The highest BCUT2D eigenvalue weighted by atomic mass is 32.2. The predicted octanol–water partition coefficient (Wildman–Crippen LogP) is 2.83. The maximum atomic E-state index is 12.3. The van der Waals surface area contributed by atoms with Crippen molar-refractivity contribution in [3.05, 3.63) is 65.1 Å². The molecule has 9 heteroatoms. The van der Waals surface area contributed by atoms with Crippen molar-refractivity contribution < 1.29 is 29.0 Å². The summed E-state index contributed by atoms with van der Waals surface area (Å²) in [6.07, 6.45) is 1.44. The second-order valence-corrected chi connectivity index (χ2v) is 6.90. The number of nitrogens with zero attached hydrogens (tertiary/aromatic N) is 1. The molecule has 0 saturated carbocycles. The number of carbonyl (C=O) groups excluding carboxylic acids is 3. The Morgan fingerprint density at radius 3 is 2.48 bits per heavy atom. The molecule has 1 saturated heterocycles. The molecule has 0 unspecified atom stereocenters. The van der Waals surface area contributed by atoms with Crippen LogP contribution in [0.4, 0.5) is 10.5 Å². The van der Waals surface area contributed by atoms with Gasteiger partial charge in [0, 0.05) is 11.3 Å². The Morgan fingerprint density at radius 1 is 1.07 bits per heavy atom. The summed E-state index contributed by atoms with van der Waals surface area (Å²) in [4.78, 5) is 47.8. The van der Waals surface area contributed by atoms with Crippen molar-refractivity contribution in [2.45, 2.75) is 0 Å². The maximum absolute atomic E-state index is 12.3. The Kier molecular flexibility index (Phi) is 6.30. The minimum absolute atomic E-state index is 0.0843. The molecule has 8 nitrogen and oxygen atoms in total. The number of rotatable bonds is 7. The van der Waals surface area contributed by atoms with Gasteiger partial charge in [-0.05, 0) is 36.0 Å². The van der Waals surface area contributed by atoms with Gasteiger partial charge in [0.15, 0.2) is 6.61 Å². The first kappa shape index (κ1) is 20.2. The highest BCUT2D eigenvalue weighted by Crippen LogP contribution is 2.33. The number of nitrogens with one attached hydrogen (secondary N) is 1. The molecule has 2 N–H and O–H groups in total. The third-order valence-electron chi connectivity index (χ3n) is 3.79. The molecule has 0 aromatic heterocycles. The fourth-order valence-electron chi connectivity index (χ4n) is 2.51. The van der Waals surface area contributed by atoms with Gasteiger partial charge in [-0.2, -0.15) is 0 Å². The van der Waals surface area contributed by atoms with Gasteiger partial charge in [-0.3, -0.25) is 24.1 Å². The minimum Gasteiger partial charge on any atom is -0.483 e. The molecule has 0 atom stereocenters. The topological polar surface area (TPSA) is 113 Å². The lowest BCUT2D eigenvalue weighted by atomic mass is 10.2. The number of para-hydroxylation sites is 2. The number of benzene rings is 2. The zero-order valence-electron chi connectivity index (χ0n) is 15.0. The number of carboxylic acids is 1. The van der Waals surface area contributed by atoms with E-state index in [0.29, 0.717) is 33.7 Å². The van der Waals surface area contributed by atoms with Gasteiger partial charge in [0.25, 0.3) is 17.1 Å². The molecule has 0 bridgehead atoms. The van der Waals surface area contributed by atoms with Crippen LogP contribution in [0.1, 0.15) is 5.56 Å². The van der Waals surface area contributed by atoms with E-state index < -0.39 is 23.7 Å². The molecule has 3 amide bonds. The largest absolute Gasteiger partial charge is 0.483 e. The van der Waals surface area contributed by atoms with Crippen LogP contribution in [0, 0.1) is 0 Å². The van der Waals surface area contributed by atoms with Gasteiger partial charge in [-0.15, -0.1) is 0 Å². The zero-order valence-corrected chi connectivity index (χ0v) is 15.8. The molecule has 2 aromatic carbocycles. The minimum atomic E-state index is -1.28. The number of amides is 3. The van der Waals surface area contributed by atoms with Crippen LogP contribution in [0.2, 0.25) is 0 Å². The summed E-state index contributed by atoms with van der Waals surface area (Å²) in [6.45, 7) is -0.944. The molecule has 0 aliphatic carbocycles. The number of anilines is 1. The van der Waals surface area contributed by atoms with E-state index in [2.05, 4.69) is 5.32 Å². The first-order valence-electron chi connectivity index (χ1n) is 8.48. The zero-order chi connectivity index (χ0) is 20.8. The van der Waals surface area contributed by atoms with Gasteiger partial charge in [0.05, 0.1) is 4.91 Å². The lowest BCUT2D eigenvalue weighted by molar-refractivity contribution is -0.140. The van der Waals surface area contributed by atoms with Gasteiger partial charge in [0.2, 0.25) is 0 Å². The number of thioether (sulfide) groups is 1. The molecule has 0 radical (unpaired) electrons. The second-order valence-electron chi connectivity index (χ2n) is 5.90. The van der Waals surface area contributed by atoms with Gasteiger partial charge < -0.3 is 15.2 Å². The number of carboxylic acid groups (broad SMARTS) is 1. The van der Waals surface area contributed by atoms with Gasteiger partial charge >= 0.3 is 5.97 Å². The van der Waals surface area contributed by atoms with E-state index in [4.69, 9.17) is 9.84 Å². The average Bonchev–Trinajstić information content (AvgIpc) is 2.95. The van der Waals surface area contributed by atoms with Gasteiger partial charge in [0.1, 0.15) is 12.3 Å². The first-order valence-corrected chi connectivity index (χ1v) is 9.29. The standard InChI is InChI=1S/C20H16N2O6S/c23-17(21-14-7-2-1-3-8-14)12-28-15-9-5-4-6-13(15)10-16-19(26)22(11-18(24)25)20(27)29-16/h1-10H,11-12H2,(H,21,23)(H,24,25)/b16-10+. The molecule has 1 heterocycles. The first-order chi connectivity index (χ1) is 13.9. The fraction of sp³-hybridized carbons (Fsp3) is 0.100. The van der Waals surface area contributed by atoms with Crippen molar-refractivity contribution in [3.8, 4) is 5.75 Å². The summed E-state index contributed by atoms with van der Waals surface area (Å²) in [5, 5.41) is 10.9. The number of imide groups is 1. The maximum Gasteiger partial charge on any atom is 0.323 e. The van der Waals surface area contributed by atoms with E-state index in [1.165, 1.54) is 6.08 Å². The number of hydrogen-bond acceptors (Lipinski definition) is 6. The number of ether oxygens (including phenoxy) is 1. The molecule has 3 rings (SSSR count). The average molecular weight is 412 g/mol. The molecule has 1 aliphatic heterocycles. The van der Waals surface area contributed by atoms with E-state index >= 15 is 0 Å². The van der Waals surface area contributed by atoms with Crippen molar-refractivity contribution in [2.24, 2.45) is 0 Å². The van der Waals surface area contributed by atoms with Crippen LogP contribution in [-0.2, 0) is 14.4 Å². The molecule has 0 spiro atoms. The van der Waals surface area contributed by atoms with Crippen molar-refractivity contribution >= 4 is 46.5 Å². The molecule has 1 aliphatic rings. The quantitative estimate of drug-likeness (QED) is 0.672. The molecular weight excluding hydrogens is 396 g/mol. The number of carbonyl (C=O) groups is 4. The van der Waals surface area contributed by atoms with Crippen LogP contribution in [0.5, 0.6) is 5.75 Å². The number of aliphatic carboxylic acids is 1. The summed E-state index contributed by atoms with van der Waals surface area (Å²) in [5.74, 6) is -1.96. The number of hydrogen-bond donors (Lipinski definition) is 2. The second kappa shape index (κ2) is 9.07. The lowest BCUT2D eigenvalue weighted by Gasteiger charge is -2.10. The Hall–Kier alpha value is -3.59. The summed E-state index contributed by atoms with van der Waals surface area (Å²) >= 11 is 0.654. The van der Waals surface area contributed by atoms with E-state index in [0.717, 1.165) is 0 Å². The van der Waals surface area contributed by atoms with Gasteiger partial charge in [-0.1, -0.05) is 36.4 Å².